The van der Waals surface area contributed by atoms with E-state index in [2.05, 4.69) is 6.07 Å². The molecule has 0 spiro atoms. The second-order valence-corrected chi connectivity index (χ2v) is 7.88. The van der Waals surface area contributed by atoms with Gasteiger partial charge in [0, 0.05) is 32.4 Å². The van der Waals surface area contributed by atoms with Crippen LogP contribution in [0, 0.1) is 6.92 Å². The van der Waals surface area contributed by atoms with E-state index in [1.807, 2.05) is 74.8 Å². The number of fused-ring (bicyclic) bond motifs is 1. The van der Waals surface area contributed by atoms with Gasteiger partial charge in [0.05, 0.1) is 11.8 Å². The Morgan fingerprint density at radius 1 is 1.25 bits per heavy atom. The molecule has 0 fully saturated rings. The summed E-state index contributed by atoms with van der Waals surface area (Å²) in [6.07, 6.45) is 3.08. The molecule has 28 heavy (non-hydrogen) atoms. The zero-order valence-corrected chi connectivity index (χ0v) is 17.3. The van der Waals surface area contributed by atoms with Crippen molar-refractivity contribution < 1.29 is 14.3 Å². The van der Waals surface area contributed by atoms with Gasteiger partial charge in [0.25, 0.3) is 0 Å². The molecular formula is C23H28N2O3. The van der Waals surface area contributed by atoms with Crippen molar-refractivity contribution in [3.63, 3.8) is 0 Å². The van der Waals surface area contributed by atoms with Crippen molar-refractivity contribution in [2.24, 2.45) is 0 Å². The lowest BCUT2D eigenvalue weighted by atomic mass is 9.92. The quantitative estimate of drug-likeness (QED) is 0.581. The highest BCUT2D eigenvalue weighted by molar-refractivity contribution is 6.10. The zero-order valence-electron chi connectivity index (χ0n) is 17.3. The number of rotatable bonds is 5. The molecule has 1 aliphatic rings. The number of benzene rings is 1. The Morgan fingerprint density at radius 3 is 2.64 bits per heavy atom. The number of hydrogen-bond acceptors (Lipinski definition) is 4. The number of ketones is 1. The summed E-state index contributed by atoms with van der Waals surface area (Å²) in [5.41, 5.74) is 4.93. The molecule has 2 aromatic rings. The highest BCUT2D eigenvalue weighted by Crippen LogP contribution is 2.30. The molecule has 0 N–H and O–H groups in total. The summed E-state index contributed by atoms with van der Waals surface area (Å²) < 4.78 is 7.28. The first-order chi connectivity index (χ1) is 13.3. The van der Waals surface area contributed by atoms with Gasteiger partial charge in [-0.2, -0.15) is 0 Å². The molecule has 1 aromatic heterocycles. The number of nitrogens with zero attached hydrogens (tertiary/aromatic N) is 2. The molecule has 1 aromatic carbocycles. The maximum absolute atomic E-state index is 13.2. The Balaban J connectivity index is 2.10. The molecule has 5 nitrogen and oxygen atoms in total. The van der Waals surface area contributed by atoms with E-state index in [0.29, 0.717) is 24.4 Å². The molecule has 148 valence electrons. The van der Waals surface area contributed by atoms with Gasteiger partial charge in [-0.1, -0.05) is 29.8 Å². The topological polar surface area (TPSA) is 51.5 Å². The van der Waals surface area contributed by atoms with Crippen molar-refractivity contribution >= 4 is 11.8 Å². The van der Waals surface area contributed by atoms with Crippen LogP contribution in [-0.4, -0.2) is 41.4 Å². The summed E-state index contributed by atoms with van der Waals surface area (Å²) in [7, 11) is 3.82. The molecular weight excluding hydrogens is 352 g/mol. The molecule has 1 aliphatic carbocycles. The van der Waals surface area contributed by atoms with Crippen molar-refractivity contribution in [2.75, 3.05) is 14.1 Å². The van der Waals surface area contributed by atoms with Crippen molar-refractivity contribution in [3.05, 3.63) is 70.2 Å². The van der Waals surface area contributed by atoms with E-state index in [4.69, 9.17) is 4.74 Å². The Hall–Kier alpha value is -2.82. The average Bonchev–Trinajstić information content (AvgIpc) is 2.96. The van der Waals surface area contributed by atoms with Crippen LogP contribution in [0.4, 0.5) is 0 Å². The molecule has 0 saturated carbocycles. The van der Waals surface area contributed by atoms with Crippen molar-refractivity contribution in [3.8, 4) is 0 Å². The van der Waals surface area contributed by atoms with Crippen molar-refractivity contribution in [1.29, 1.82) is 0 Å². The van der Waals surface area contributed by atoms with Gasteiger partial charge in [-0.25, -0.2) is 4.79 Å². The van der Waals surface area contributed by atoms with Crippen LogP contribution in [0.25, 0.3) is 0 Å². The number of aromatic nitrogens is 1. The van der Waals surface area contributed by atoms with E-state index in [9.17, 15) is 9.59 Å². The summed E-state index contributed by atoms with van der Waals surface area (Å²) in [5, 5.41) is 0. The fraction of sp³-hybridized carbons (Fsp3) is 0.391. The maximum Gasteiger partial charge on any atom is 0.355 e. The molecule has 5 heteroatoms. The minimum absolute atomic E-state index is 0.00815. The standard InChI is InChI=1S/C23H28N2O3/c1-15(2)28-23(27)20-12-18-9-10-19(14-24(4)5)22(26)21(18)25(20)13-17-8-6-7-16(3)11-17/h6-8,11-12,14-15H,9-10,13H2,1-5H3. The van der Waals surface area contributed by atoms with E-state index >= 15 is 0 Å². The van der Waals surface area contributed by atoms with Gasteiger partial charge in [-0.05, 0) is 50.8 Å². The predicted molar refractivity (Wildman–Crippen MR) is 110 cm³/mol. The highest BCUT2D eigenvalue weighted by atomic mass is 16.5. The molecule has 0 radical (unpaired) electrons. The summed E-state index contributed by atoms with van der Waals surface area (Å²) in [6.45, 7) is 6.15. The predicted octanol–water partition coefficient (Wildman–Crippen LogP) is 3.98. The number of aryl methyl sites for hydroxylation is 2. The molecule has 0 saturated heterocycles. The number of allylic oxidation sites excluding steroid dienone is 1. The molecule has 0 bridgehead atoms. The summed E-state index contributed by atoms with van der Waals surface area (Å²) in [5.74, 6) is -0.394. The third kappa shape index (κ3) is 4.19. The van der Waals surface area contributed by atoms with Gasteiger partial charge < -0.3 is 14.2 Å². The molecule has 0 amide bonds. The van der Waals surface area contributed by atoms with Crippen molar-refractivity contribution in [1.82, 2.24) is 9.47 Å². The van der Waals surface area contributed by atoms with Crippen LogP contribution in [0.2, 0.25) is 0 Å². The first-order valence-corrected chi connectivity index (χ1v) is 9.67. The maximum atomic E-state index is 13.2. The first-order valence-electron chi connectivity index (χ1n) is 9.67. The third-order valence-electron chi connectivity index (χ3n) is 4.74. The molecule has 0 atom stereocenters. The smallest absolute Gasteiger partial charge is 0.355 e. The third-order valence-corrected chi connectivity index (χ3v) is 4.74. The van der Waals surface area contributed by atoms with E-state index in [1.165, 1.54) is 0 Å². The van der Waals surface area contributed by atoms with E-state index < -0.39 is 0 Å². The number of ether oxygens (including phenoxy) is 1. The first kappa shape index (κ1) is 19.9. The molecule has 1 heterocycles. The number of hydrogen-bond donors (Lipinski definition) is 0. The van der Waals surface area contributed by atoms with Gasteiger partial charge in [-0.15, -0.1) is 0 Å². The number of Topliss-reactive ketones (excluding diaryl/α,β-unsaturated/α-hetero) is 1. The van der Waals surface area contributed by atoms with Crippen molar-refractivity contribution in [2.45, 2.75) is 46.3 Å². The lowest BCUT2D eigenvalue weighted by molar-refractivity contribution is 0.0365. The lowest BCUT2D eigenvalue weighted by Crippen LogP contribution is -2.23. The fourth-order valence-corrected chi connectivity index (χ4v) is 3.63. The Morgan fingerprint density at radius 2 is 2.00 bits per heavy atom. The highest BCUT2D eigenvalue weighted by Gasteiger charge is 2.30. The van der Waals surface area contributed by atoms with Crippen LogP contribution < -0.4 is 0 Å². The summed E-state index contributed by atoms with van der Waals surface area (Å²) in [4.78, 5) is 27.8. The van der Waals surface area contributed by atoms with Crippen LogP contribution in [0.15, 0.2) is 42.1 Å². The van der Waals surface area contributed by atoms with E-state index in [0.717, 1.165) is 28.7 Å². The second-order valence-electron chi connectivity index (χ2n) is 7.88. The normalized spacial score (nSPS) is 15.1. The molecule has 0 unspecified atom stereocenters. The largest absolute Gasteiger partial charge is 0.458 e. The number of carbonyl (C=O) groups is 2. The van der Waals surface area contributed by atoms with E-state index in [1.54, 1.807) is 0 Å². The van der Waals surface area contributed by atoms with Gasteiger partial charge in [-0.3, -0.25) is 4.79 Å². The summed E-state index contributed by atoms with van der Waals surface area (Å²) in [6, 6.07) is 9.95. The lowest BCUT2D eigenvalue weighted by Gasteiger charge is -2.20. The zero-order chi connectivity index (χ0) is 20.4. The van der Waals surface area contributed by atoms with Gasteiger partial charge in [0.1, 0.15) is 5.69 Å². The monoisotopic (exact) mass is 380 g/mol. The van der Waals surface area contributed by atoms with Crippen LogP contribution >= 0.6 is 0 Å². The fourth-order valence-electron chi connectivity index (χ4n) is 3.63. The SMILES string of the molecule is Cc1cccc(Cn2c(C(=O)OC(C)C)cc3c2C(=O)C(=CN(C)C)CC3)c1. The molecule has 0 aliphatic heterocycles. The van der Waals surface area contributed by atoms with Crippen LogP contribution in [-0.2, 0) is 17.7 Å². The second kappa shape index (κ2) is 8.05. The average molecular weight is 380 g/mol. The van der Waals surface area contributed by atoms with Gasteiger partial charge >= 0.3 is 5.97 Å². The number of esters is 1. The van der Waals surface area contributed by atoms with Gasteiger partial charge in [0.2, 0.25) is 5.78 Å². The number of carbonyl (C=O) groups excluding carboxylic acids is 2. The van der Waals surface area contributed by atoms with Crippen LogP contribution in [0.3, 0.4) is 0 Å². The van der Waals surface area contributed by atoms with Crippen LogP contribution in [0.5, 0.6) is 0 Å². The van der Waals surface area contributed by atoms with E-state index in [-0.39, 0.29) is 17.9 Å². The summed E-state index contributed by atoms with van der Waals surface area (Å²) >= 11 is 0. The minimum Gasteiger partial charge on any atom is -0.458 e. The minimum atomic E-state index is -0.386. The Labute approximate surface area is 166 Å². The Bertz CT molecular complexity index is 935. The van der Waals surface area contributed by atoms with Gasteiger partial charge in [0.15, 0.2) is 0 Å². The molecule has 3 rings (SSSR count). The Kier molecular flexibility index (Phi) is 5.73. The van der Waals surface area contributed by atoms with Crippen LogP contribution in [0.1, 0.15) is 57.9 Å².